The smallest absolute Gasteiger partial charge is 0.345 e. The summed E-state index contributed by atoms with van der Waals surface area (Å²) in [6.07, 6.45) is 0.656. The molecule has 5 rings (SSSR count). The number of nitrogens with one attached hydrogen (secondary N) is 1. The molecule has 1 atom stereocenters. The van der Waals surface area contributed by atoms with E-state index >= 15 is 0 Å². The van der Waals surface area contributed by atoms with Gasteiger partial charge in [0, 0.05) is 10.9 Å². The Kier molecular flexibility index (Phi) is 7.33. The number of benzene rings is 5. The number of ether oxygens (including phenoxy) is 2. The molecule has 0 spiro atoms. The first-order chi connectivity index (χ1) is 18.5. The molecule has 7 heteroatoms. The van der Waals surface area contributed by atoms with E-state index in [0.29, 0.717) is 16.3 Å². The fourth-order valence-corrected chi connectivity index (χ4v) is 4.29. The first-order valence-corrected chi connectivity index (χ1v) is 12.3. The van der Waals surface area contributed by atoms with E-state index in [1.54, 1.807) is 37.3 Å². The number of hydrogen-bond acceptors (Lipinski definition) is 5. The van der Waals surface area contributed by atoms with Crippen LogP contribution in [0.4, 0.5) is 0 Å². The molecule has 188 valence electrons. The fraction of sp³-hybridized carbons (Fsp3) is 0.0645. The van der Waals surface area contributed by atoms with Gasteiger partial charge in [0.15, 0.2) is 6.10 Å². The Balaban J connectivity index is 1.36. The maximum absolute atomic E-state index is 12.8. The van der Waals surface area contributed by atoms with E-state index in [1.165, 1.54) is 6.21 Å². The first kappa shape index (κ1) is 25.0. The van der Waals surface area contributed by atoms with Crippen molar-refractivity contribution in [2.45, 2.75) is 13.0 Å². The lowest BCUT2D eigenvalue weighted by Gasteiger charge is -2.15. The molecular formula is C31H23ClN2O4. The molecule has 0 bridgehead atoms. The summed E-state index contributed by atoms with van der Waals surface area (Å²) >= 11 is 6.17. The van der Waals surface area contributed by atoms with Crippen molar-refractivity contribution in [1.29, 1.82) is 0 Å². The van der Waals surface area contributed by atoms with Crippen molar-refractivity contribution in [3.63, 3.8) is 0 Å². The zero-order chi connectivity index (χ0) is 26.5. The molecule has 5 aromatic rings. The van der Waals surface area contributed by atoms with Crippen LogP contribution < -0.4 is 14.9 Å². The Labute approximate surface area is 224 Å². The maximum Gasteiger partial charge on any atom is 0.345 e. The summed E-state index contributed by atoms with van der Waals surface area (Å²) in [4.78, 5) is 25.6. The lowest BCUT2D eigenvalue weighted by Crippen LogP contribution is -2.33. The van der Waals surface area contributed by atoms with Gasteiger partial charge in [-0.2, -0.15) is 5.10 Å². The van der Waals surface area contributed by atoms with E-state index in [2.05, 4.69) is 10.5 Å². The summed E-state index contributed by atoms with van der Waals surface area (Å²) in [6, 6.07) is 31.3. The third-order valence-corrected chi connectivity index (χ3v) is 6.35. The first-order valence-electron chi connectivity index (χ1n) is 12.0. The van der Waals surface area contributed by atoms with Crippen LogP contribution in [-0.2, 0) is 4.79 Å². The minimum atomic E-state index is -0.803. The van der Waals surface area contributed by atoms with E-state index in [-0.39, 0.29) is 11.3 Å². The average Bonchev–Trinajstić information content (AvgIpc) is 2.94. The summed E-state index contributed by atoms with van der Waals surface area (Å²) in [6.45, 7) is 1.65. The molecule has 5 aromatic carbocycles. The summed E-state index contributed by atoms with van der Waals surface area (Å²) in [5.74, 6) is -0.130. The van der Waals surface area contributed by atoms with Gasteiger partial charge < -0.3 is 9.47 Å². The number of rotatable bonds is 7. The summed E-state index contributed by atoms with van der Waals surface area (Å²) in [5.41, 5.74) is 3.31. The quantitative estimate of drug-likeness (QED) is 0.111. The van der Waals surface area contributed by atoms with Crippen LogP contribution >= 0.6 is 11.6 Å². The number of esters is 1. The van der Waals surface area contributed by atoms with Crippen LogP contribution in [-0.4, -0.2) is 24.2 Å². The van der Waals surface area contributed by atoms with Crippen molar-refractivity contribution < 1.29 is 19.1 Å². The Morgan fingerprint density at radius 3 is 2.24 bits per heavy atom. The van der Waals surface area contributed by atoms with Crippen LogP contribution in [0.2, 0.25) is 5.02 Å². The molecular weight excluding hydrogens is 500 g/mol. The van der Waals surface area contributed by atoms with Crippen LogP contribution in [0.15, 0.2) is 108 Å². The van der Waals surface area contributed by atoms with Crippen LogP contribution in [0.5, 0.6) is 11.5 Å². The number of amides is 1. The molecule has 6 nitrogen and oxygen atoms in total. The van der Waals surface area contributed by atoms with Gasteiger partial charge in [0.25, 0.3) is 5.91 Å². The number of nitrogens with zero attached hydrogens (tertiary/aromatic N) is 1. The molecule has 0 heterocycles. The largest absolute Gasteiger partial charge is 0.480 e. The number of carbonyl (C=O) groups is 2. The topological polar surface area (TPSA) is 77.0 Å². The molecule has 0 aliphatic heterocycles. The summed E-state index contributed by atoms with van der Waals surface area (Å²) in [7, 11) is 0. The fourth-order valence-electron chi connectivity index (χ4n) is 4.07. The zero-order valence-electron chi connectivity index (χ0n) is 20.4. The third kappa shape index (κ3) is 5.36. The van der Waals surface area contributed by atoms with Gasteiger partial charge in [-0.05, 0) is 47.3 Å². The molecule has 0 aromatic heterocycles. The second-order valence-corrected chi connectivity index (χ2v) is 8.95. The predicted octanol–water partition coefficient (Wildman–Crippen LogP) is 6.78. The van der Waals surface area contributed by atoms with Gasteiger partial charge in [0.1, 0.15) is 11.5 Å². The molecule has 0 fully saturated rings. The number of fused-ring (bicyclic) bond motifs is 2. The van der Waals surface area contributed by atoms with Crippen LogP contribution in [0.3, 0.4) is 0 Å². The molecule has 38 heavy (non-hydrogen) atoms. The van der Waals surface area contributed by atoms with Gasteiger partial charge in [0.05, 0.1) is 16.8 Å². The normalized spacial score (nSPS) is 11.9. The number of hydrogen-bond donors (Lipinski definition) is 1. The monoisotopic (exact) mass is 522 g/mol. The molecule has 0 aliphatic carbocycles. The van der Waals surface area contributed by atoms with Crippen molar-refractivity contribution in [2.24, 2.45) is 5.10 Å². The predicted molar refractivity (Wildman–Crippen MR) is 150 cm³/mol. The minimum Gasteiger partial charge on any atom is -0.480 e. The standard InChI is InChI=1S/C31H23ClN2O4/c1-20(37-28-16-8-11-21-9-3-5-13-24(21)28)30(35)34-33-19-26-23-12-4-2-10-22(23)17-18-29(26)38-31(36)25-14-6-7-15-27(25)32/h2-20H,1H3,(H,34,35). The van der Waals surface area contributed by atoms with E-state index in [4.69, 9.17) is 21.1 Å². The molecule has 0 saturated carbocycles. The number of carbonyl (C=O) groups excluding carboxylic acids is 2. The Morgan fingerprint density at radius 2 is 1.45 bits per heavy atom. The van der Waals surface area contributed by atoms with Crippen molar-refractivity contribution in [2.75, 3.05) is 0 Å². The highest BCUT2D eigenvalue weighted by atomic mass is 35.5. The van der Waals surface area contributed by atoms with E-state index in [1.807, 2.05) is 72.8 Å². The van der Waals surface area contributed by atoms with Gasteiger partial charge in [-0.3, -0.25) is 4.79 Å². The summed E-state index contributed by atoms with van der Waals surface area (Å²) in [5, 5.41) is 8.10. The van der Waals surface area contributed by atoms with Crippen LogP contribution in [0.1, 0.15) is 22.8 Å². The third-order valence-electron chi connectivity index (χ3n) is 6.02. The van der Waals surface area contributed by atoms with Gasteiger partial charge in [0.2, 0.25) is 0 Å². The lowest BCUT2D eigenvalue weighted by molar-refractivity contribution is -0.127. The second-order valence-electron chi connectivity index (χ2n) is 8.54. The SMILES string of the molecule is CC(Oc1cccc2ccccc12)C(=O)NN=Cc1c(OC(=O)c2ccccc2Cl)ccc2ccccc12. The maximum atomic E-state index is 12.8. The van der Waals surface area contributed by atoms with Gasteiger partial charge >= 0.3 is 5.97 Å². The molecule has 1 unspecified atom stereocenters. The van der Waals surface area contributed by atoms with Crippen LogP contribution in [0.25, 0.3) is 21.5 Å². The van der Waals surface area contributed by atoms with Gasteiger partial charge in [-0.15, -0.1) is 0 Å². The van der Waals surface area contributed by atoms with Crippen LogP contribution in [0, 0.1) is 0 Å². The van der Waals surface area contributed by atoms with Gasteiger partial charge in [-0.1, -0.05) is 90.5 Å². The molecule has 0 saturated heterocycles. The molecule has 0 aliphatic rings. The van der Waals surface area contributed by atoms with Crippen molar-refractivity contribution in [1.82, 2.24) is 5.43 Å². The zero-order valence-corrected chi connectivity index (χ0v) is 21.2. The van der Waals surface area contributed by atoms with Crippen molar-refractivity contribution >= 4 is 51.2 Å². The van der Waals surface area contributed by atoms with Crippen molar-refractivity contribution in [3.05, 3.63) is 119 Å². The van der Waals surface area contributed by atoms with E-state index in [9.17, 15) is 9.59 Å². The molecule has 1 amide bonds. The minimum absolute atomic E-state index is 0.248. The summed E-state index contributed by atoms with van der Waals surface area (Å²) < 4.78 is 11.6. The van der Waals surface area contributed by atoms with Gasteiger partial charge in [-0.25, -0.2) is 10.2 Å². The average molecular weight is 523 g/mol. The Morgan fingerprint density at radius 1 is 0.789 bits per heavy atom. The number of halogens is 1. The molecule has 1 N–H and O–H groups in total. The van der Waals surface area contributed by atoms with Crippen molar-refractivity contribution in [3.8, 4) is 11.5 Å². The molecule has 0 radical (unpaired) electrons. The second kappa shape index (κ2) is 11.2. The highest BCUT2D eigenvalue weighted by molar-refractivity contribution is 6.33. The Hall–Kier alpha value is -4.68. The van der Waals surface area contributed by atoms with E-state index in [0.717, 1.165) is 21.5 Å². The highest BCUT2D eigenvalue weighted by Crippen LogP contribution is 2.29. The lowest BCUT2D eigenvalue weighted by atomic mass is 10.0. The van der Waals surface area contributed by atoms with E-state index < -0.39 is 18.0 Å². The Bertz CT molecular complexity index is 1680. The highest BCUT2D eigenvalue weighted by Gasteiger charge is 2.17. The number of hydrazone groups is 1.